The summed E-state index contributed by atoms with van der Waals surface area (Å²) in [4.78, 5) is 21.9. The zero-order valence-electron chi connectivity index (χ0n) is 9.06. The Morgan fingerprint density at radius 3 is 2.20 bits per heavy atom. The van der Waals surface area contributed by atoms with Gasteiger partial charge in [0.25, 0.3) is 0 Å². The van der Waals surface area contributed by atoms with Crippen LogP contribution >= 0.6 is 11.8 Å². The smallest absolute Gasteiger partial charge is 0.328 e. The molecule has 0 saturated carbocycles. The first-order valence-corrected chi connectivity index (χ1v) is 5.71. The fraction of sp³-hybridized carbons (Fsp3) is 0.778. The highest BCUT2D eigenvalue weighted by molar-refractivity contribution is 8.00. The number of amides is 1. The number of aliphatic carboxylic acids is 1. The number of thioether (sulfide) groups is 1. The van der Waals surface area contributed by atoms with Crippen LogP contribution in [0.25, 0.3) is 0 Å². The van der Waals surface area contributed by atoms with Gasteiger partial charge in [0.2, 0.25) is 5.91 Å². The first kappa shape index (κ1) is 14.2. The summed E-state index contributed by atoms with van der Waals surface area (Å²) in [6.45, 7) is 5.22. The maximum atomic E-state index is 11.3. The van der Waals surface area contributed by atoms with E-state index in [1.54, 1.807) is 0 Å². The van der Waals surface area contributed by atoms with E-state index in [1.165, 1.54) is 18.7 Å². The van der Waals surface area contributed by atoms with Crippen molar-refractivity contribution >= 4 is 23.6 Å². The van der Waals surface area contributed by atoms with Crippen molar-refractivity contribution in [1.82, 2.24) is 5.32 Å². The van der Waals surface area contributed by atoms with E-state index in [0.29, 0.717) is 5.25 Å². The van der Waals surface area contributed by atoms with Gasteiger partial charge in [0.1, 0.15) is 0 Å². The summed E-state index contributed by atoms with van der Waals surface area (Å²) in [7, 11) is 0. The van der Waals surface area contributed by atoms with Gasteiger partial charge in [-0.2, -0.15) is 0 Å². The zero-order valence-corrected chi connectivity index (χ0v) is 9.87. The van der Waals surface area contributed by atoms with Crippen molar-refractivity contribution in [3.05, 3.63) is 0 Å². The molecule has 15 heavy (non-hydrogen) atoms. The van der Waals surface area contributed by atoms with Crippen molar-refractivity contribution < 1.29 is 19.8 Å². The van der Waals surface area contributed by atoms with Gasteiger partial charge in [-0.25, -0.2) is 4.79 Å². The molecule has 1 amide bonds. The molecular weight excluding hydrogens is 218 g/mol. The first-order valence-electron chi connectivity index (χ1n) is 4.66. The minimum Gasteiger partial charge on any atom is -0.480 e. The second-order valence-corrected chi connectivity index (χ2v) is 5.05. The van der Waals surface area contributed by atoms with Crippen molar-refractivity contribution in [2.45, 2.75) is 38.2 Å². The standard InChI is InChI=1S/C9H17NO4S/c1-5(2)15-4-7(12)10-8(6(3)11)9(13)14/h5-6,8,11H,4H2,1-3H3,(H,10,12)(H,13,14)/t6-,8+/m1/s1. The highest BCUT2D eigenvalue weighted by Crippen LogP contribution is 2.08. The Labute approximate surface area is 93.2 Å². The molecule has 0 heterocycles. The third kappa shape index (κ3) is 6.35. The Morgan fingerprint density at radius 2 is 1.87 bits per heavy atom. The molecule has 0 aliphatic rings. The molecule has 2 atom stereocenters. The fourth-order valence-electron chi connectivity index (χ4n) is 0.846. The Hall–Kier alpha value is -0.750. The van der Waals surface area contributed by atoms with E-state index >= 15 is 0 Å². The lowest BCUT2D eigenvalue weighted by atomic mass is 10.2. The Bertz CT molecular complexity index is 230. The Morgan fingerprint density at radius 1 is 1.33 bits per heavy atom. The Kier molecular flexibility index (Phi) is 6.35. The normalized spacial score (nSPS) is 14.7. The van der Waals surface area contributed by atoms with Crippen molar-refractivity contribution in [3.8, 4) is 0 Å². The van der Waals surface area contributed by atoms with Gasteiger partial charge in [-0.1, -0.05) is 13.8 Å². The van der Waals surface area contributed by atoms with Crippen LogP contribution in [0.1, 0.15) is 20.8 Å². The monoisotopic (exact) mass is 235 g/mol. The average Bonchev–Trinajstić information content (AvgIpc) is 2.09. The number of aliphatic hydroxyl groups is 1. The largest absolute Gasteiger partial charge is 0.480 e. The second-order valence-electron chi connectivity index (χ2n) is 3.48. The SMILES string of the molecule is CC(C)SCC(=O)N[C@H](C(=O)O)[C@@H](C)O. The van der Waals surface area contributed by atoms with Crippen molar-refractivity contribution in [3.63, 3.8) is 0 Å². The van der Waals surface area contributed by atoms with Crippen molar-refractivity contribution in [1.29, 1.82) is 0 Å². The lowest BCUT2D eigenvalue weighted by Gasteiger charge is -2.17. The summed E-state index contributed by atoms with van der Waals surface area (Å²) >= 11 is 1.42. The third-order valence-corrected chi connectivity index (χ3v) is 2.71. The van der Waals surface area contributed by atoms with Crippen molar-refractivity contribution in [2.75, 3.05) is 5.75 Å². The van der Waals surface area contributed by atoms with Crippen LogP contribution in [0.4, 0.5) is 0 Å². The first-order chi connectivity index (χ1) is 6.84. The fourth-order valence-corrected chi connectivity index (χ4v) is 1.41. The highest BCUT2D eigenvalue weighted by Gasteiger charge is 2.24. The summed E-state index contributed by atoms with van der Waals surface area (Å²) in [6.07, 6.45) is -1.10. The van der Waals surface area contributed by atoms with Crippen molar-refractivity contribution in [2.24, 2.45) is 0 Å². The van der Waals surface area contributed by atoms with E-state index < -0.39 is 18.1 Å². The molecule has 0 aliphatic carbocycles. The molecule has 0 fully saturated rings. The lowest BCUT2D eigenvalue weighted by Crippen LogP contribution is -2.48. The second kappa shape index (κ2) is 6.68. The molecule has 0 bridgehead atoms. The molecule has 6 heteroatoms. The topological polar surface area (TPSA) is 86.6 Å². The summed E-state index contributed by atoms with van der Waals surface area (Å²) in [5.41, 5.74) is 0. The summed E-state index contributed by atoms with van der Waals surface area (Å²) in [5, 5.41) is 20.4. The predicted molar refractivity (Wildman–Crippen MR) is 58.8 cm³/mol. The number of carboxylic acids is 1. The third-order valence-electron chi connectivity index (χ3n) is 1.61. The number of hydrogen-bond acceptors (Lipinski definition) is 4. The molecule has 3 N–H and O–H groups in total. The molecule has 88 valence electrons. The van der Waals surface area contributed by atoms with Crippen LogP contribution in [0.15, 0.2) is 0 Å². The highest BCUT2D eigenvalue weighted by atomic mass is 32.2. The summed E-state index contributed by atoms with van der Waals surface area (Å²) < 4.78 is 0. The summed E-state index contributed by atoms with van der Waals surface area (Å²) in [6, 6.07) is -1.23. The maximum Gasteiger partial charge on any atom is 0.328 e. The van der Waals surface area contributed by atoms with E-state index in [0.717, 1.165) is 0 Å². The van der Waals surface area contributed by atoms with Crippen LogP contribution in [0.5, 0.6) is 0 Å². The van der Waals surface area contributed by atoms with Crippen LogP contribution in [-0.4, -0.2) is 45.2 Å². The molecule has 0 radical (unpaired) electrons. The number of nitrogens with one attached hydrogen (secondary N) is 1. The predicted octanol–water partition coefficient (Wildman–Crippen LogP) is 0.0782. The van der Waals surface area contributed by atoms with Crippen LogP contribution in [0.3, 0.4) is 0 Å². The molecule has 0 unspecified atom stereocenters. The van der Waals surface area contributed by atoms with Gasteiger partial charge in [-0.15, -0.1) is 11.8 Å². The van der Waals surface area contributed by atoms with E-state index in [9.17, 15) is 9.59 Å². The number of carbonyl (C=O) groups is 2. The zero-order chi connectivity index (χ0) is 12.0. The molecule has 0 aromatic rings. The molecule has 5 nitrogen and oxygen atoms in total. The van der Waals surface area contributed by atoms with E-state index in [-0.39, 0.29) is 11.7 Å². The van der Waals surface area contributed by atoms with Gasteiger partial charge >= 0.3 is 5.97 Å². The minimum absolute atomic E-state index is 0.203. The van der Waals surface area contributed by atoms with Crippen LogP contribution in [-0.2, 0) is 9.59 Å². The van der Waals surface area contributed by atoms with Gasteiger partial charge in [0.05, 0.1) is 11.9 Å². The van der Waals surface area contributed by atoms with Gasteiger partial charge in [0, 0.05) is 0 Å². The lowest BCUT2D eigenvalue weighted by molar-refractivity contribution is -0.144. The van der Waals surface area contributed by atoms with Crippen LogP contribution in [0.2, 0.25) is 0 Å². The van der Waals surface area contributed by atoms with E-state index in [2.05, 4.69) is 5.32 Å². The quantitative estimate of drug-likeness (QED) is 0.607. The molecule has 0 aromatic carbocycles. The number of carbonyl (C=O) groups excluding carboxylic acids is 1. The van der Waals surface area contributed by atoms with E-state index in [1.807, 2.05) is 13.8 Å². The van der Waals surface area contributed by atoms with Crippen LogP contribution < -0.4 is 5.32 Å². The Balaban J connectivity index is 4.07. The molecule has 0 saturated heterocycles. The summed E-state index contributed by atoms with van der Waals surface area (Å²) in [5.74, 6) is -1.40. The number of hydrogen-bond donors (Lipinski definition) is 3. The average molecular weight is 235 g/mol. The van der Waals surface area contributed by atoms with Gasteiger partial charge in [-0.3, -0.25) is 4.79 Å². The number of aliphatic hydroxyl groups excluding tert-OH is 1. The van der Waals surface area contributed by atoms with Gasteiger partial charge < -0.3 is 15.5 Å². The molecule has 0 rings (SSSR count). The number of carboxylic acid groups (broad SMARTS) is 1. The van der Waals surface area contributed by atoms with Crippen LogP contribution in [0, 0.1) is 0 Å². The minimum atomic E-state index is -1.23. The molecule has 0 spiro atoms. The van der Waals surface area contributed by atoms with Gasteiger partial charge in [-0.05, 0) is 12.2 Å². The molecular formula is C9H17NO4S. The van der Waals surface area contributed by atoms with E-state index in [4.69, 9.17) is 10.2 Å². The number of rotatable bonds is 6. The molecule has 0 aromatic heterocycles. The van der Waals surface area contributed by atoms with Gasteiger partial charge in [0.15, 0.2) is 6.04 Å². The maximum absolute atomic E-state index is 11.3. The molecule has 0 aliphatic heterocycles.